The smallest absolute Gasteiger partial charge is 0.265 e. The summed E-state index contributed by atoms with van der Waals surface area (Å²) in [4.78, 5) is 17.1. The van der Waals surface area contributed by atoms with Crippen LogP contribution < -0.4 is 14.8 Å². The van der Waals surface area contributed by atoms with Gasteiger partial charge in [-0.3, -0.25) is 9.69 Å². The number of thiophene rings is 1. The fraction of sp³-hybridized carbons (Fsp3) is 0.421. The van der Waals surface area contributed by atoms with E-state index in [-0.39, 0.29) is 12.7 Å². The minimum Gasteiger partial charge on any atom is -0.454 e. The number of nitrogens with zero attached hydrogens (tertiary/aromatic N) is 1. The summed E-state index contributed by atoms with van der Waals surface area (Å²) in [7, 11) is 0. The molecule has 2 aliphatic rings. The van der Waals surface area contributed by atoms with Gasteiger partial charge in [-0.05, 0) is 57.5 Å². The van der Waals surface area contributed by atoms with Crippen LogP contribution in [0.3, 0.4) is 0 Å². The van der Waals surface area contributed by atoms with Gasteiger partial charge >= 0.3 is 0 Å². The van der Waals surface area contributed by atoms with Crippen LogP contribution in [0, 0.1) is 0 Å². The van der Waals surface area contributed by atoms with Crippen LogP contribution in [0.4, 0.5) is 5.69 Å². The highest BCUT2D eigenvalue weighted by molar-refractivity contribution is 7.14. The van der Waals surface area contributed by atoms with E-state index in [4.69, 9.17) is 9.47 Å². The zero-order chi connectivity index (χ0) is 17.4. The molecule has 1 fully saturated rings. The van der Waals surface area contributed by atoms with Gasteiger partial charge in [0, 0.05) is 28.7 Å². The molecule has 5 nitrogen and oxygen atoms in total. The Balaban J connectivity index is 1.47. The van der Waals surface area contributed by atoms with E-state index in [1.54, 1.807) is 17.4 Å². The fourth-order valence-corrected chi connectivity index (χ4v) is 4.59. The van der Waals surface area contributed by atoms with Gasteiger partial charge in [0.15, 0.2) is 11.5 Å². The molecule has 25 heavy (non-hydrogen) atoms. The van der Waals surface area contributed by atoms with Gasteiger partial charge in [0.2, 0.25) is 6.79 Å². The molecule has 3 heterocycles. The second-order valence-corrected chi connectivity index (χ2v) is 7.83. The lowest BCUT2D eigenvalue weighted by Gasteiger charge is -2.27. The van der Waals surface area contributed by atoms with Crippen LogP contribution in [0.2, 0.25) is 0 Å². The van der Waals surface area contributed by atoms with Gasteiger partial charge in [-0.1, -0.05) is 0 Å². The summed E-state index contributed by atoms with van der Waals surface area (Å²) in [6.07, 6.45) is 2.39. The van der Waals surface area contributed by atoms with Gasteiger partial charge in [0.1, 0.15) is 0 Å². The second-order valence-electron chi connectivity index (χ2n) is 6.71. The first-order valence-electron chi connectivity index (χ1n) is 8.68. The number of amides is 1. The Morgan fingerprint density at radius 2 is 2.08 bits per heavy atom. The lowest BCUT2D eigenvalue weighted by Crippen LogP contribution is -2.29. The lowest BCUT2D eigenvalue weighted by atomic mass is 10.1. The summed E-state index contributed by atoms with van der Waals surface area (Å²) < 4.78 is 10.7. The first kappa shape index (κ1) is 16.4. The van der Waals surface area contributed by atoms with E-state index in [9.17, 15) is 4.79 Å². The number of carbonyl (C=O) groups is 1. The molecule has 1 atom stereocenters. The van der Waals surface area contributed by atoms with Gasteiger partial charge in [-0.15, -0.1) is 11.3 Å². The SMILES string of the molecule is CC(C)N1CCC[C@H]1c1ccc(C(=O)Nc2ccc3c(c2)OCO3)s1. The van der Waals surface area contributed by atoms with Crippen LogP contribution in [-0.2, 0) is 0 Å². The zero-order valence-corrected chi connectivity index (χ0v) is 15.3. The first-order chi connectivity index (χ1) is 12.1. The molecule has 1 amide bonds. The summed E-state index contributed by atoms with van der Waals surface area (Å²) in [6.45, 7) is 5.84. The summed E-state index contributed by atoms with van der Waals surface area (Å²) >= 11 is 1.59. The minimum atomic E-state index is -0.0794. The zero-order valence-electron chi connectivity index (χ0n) is 14.5. The summed E-state index contributed by atoms with van der Waals surface area (Å²) in [5.41, 5.74) is 0.717. The lowest BCUT2D eigenvalue weighted by molar-refractivity contribution is 0.103. The van der Waals surface area contributed by atoms with Crippen molar-refractivity contribution in [3.8, 4) is 11.5 Å². The van der Waals surface area contributed by atoms with Crippen molar-refractivity contribution in [1.29, 1.82) is 0 Å². The van der Waals surface area contributed by atoms with Crippen LogP contribution in [-0.4, -0.2) is 30.2 Å². The van der Waals surface area contributed by atoms with Crippen molar-refractivity contribution in [2.75, 3.05) is 18.7 Å². The Kier molecular flexibility index (Phi) is 4.39. The van der Waals surface area contributed by atoms with Gasteiger partial charge in [-0.2, -0.15) is 0 Å². The third kappa shape index (κ3) is 3.24. The number of nitrogens with one attached hydrogen (secondary N) is 1. The Bertz CT molecular complexity index is 787. The van der Waals surface area contributed by atoms with E-state index >= 15 is 0 Å². The minimum absolute atomic E-state index is 0.0794. The Hall–Kier alpha value is -2.05. The first-order valence-corrected chi connectivity index (χ1v) is 9.50. The number of fused-ring (bicyclic) bond motifs is 1. The van der Waals surface area contributed by atoms with Crippen LogP contribution >= 0.6 is 11.3 Å². The van der Waals surface area contributed by atoms with Crippen molar-refractivity contribution in [2.45, 2.75) is 38.8 Å². The molecule has 1 aromatic heterocycles. The molecule has 0 radical (unpaired) electrons. The van der Waals surface area contributed by atoms with Gasteiger partial charge in [-0.25, -0.2) is 0 Å². The molecular weight excluding hydrogens is 336 g/mol. The number of carbonyl (C=O) groups excluding carboxylic acids is 1. The average molecular weight is 358 g/mol. The molecule has 0 aliphatic carbocycles. The third-order valence-electron chi connectivity index (χ3n) is 4.77. The highest BCUT2D eigenvalue weighted by Crippen LogP contribution is 2.38. The van der Waals surface area contributed by atoms with Crippen molar-refractivity contribution >= 4 is 22.9 Å². The molecule has 4 rings (SSSR count). The number of hydrogen-bond acceptors (Lipinski definition) is 5. The fourth-order valence-electron chi connectivity index (χ4n) is 3.53. The summed E-state index contributed by atoms with van der Waals surface area (Å²) in [6, 6.07) is 10.4. The van der Waals surface area contributed by atoms with Crippen molar-refractivity contribution < 1.29 is 14.3 Å². The topological polar surface area (TPSA) is 50.8 Å². The Labute approximate surface area is 151 Å². The summed E-state index contributed by atoms with van der Waals surface area (Å²) in [5, 5.41) is 2.95. The molecule has 0 spiro atoms. The van der Waals surface area contributed by atoms with E-state index in [2.05, 4.69) is 30.1 Å². The van der Waals surface area contributed by atoms with Gasteiger partial charge < -0.3 is 14.8 Å². The quantitative estimate of drug-likeness (QED) is 0.886. The van der Waals surface area contributed by atoms with Crippen molar-refractivity contribution in [3.05, 3.63) is 40.1 Å². The normalized spacial score (nSPS) is 19.6. The van der Waals surface area contributed by atoms with Gasteiger partial charge in [0.05, 0.1) is 4.88 Å². The number of ether oxygens (including phenoxy) is 2. The molecule has 1 saturated heterocycles. The number of rotatable bonds is 4. The number of likely N-dealkylation sites (tertiary alicyclic amines) is 1. The molecule has 1 aromatic carbocycles. The van der Waals surface area contributed by atoms with E-state index < -0.39 is 0 Å². The predicted octanol–water partition coefficient (Wildman–Crippen LogP) is 4.27. The molecule has 0 saturated carbocycles. The molecule has 0 bridgehead atoms. The van der Waals surface area contributed by atoms with Crippen LogP contribution in [0.1, 0.15) is 47.3 Å². The van der Waals surface area contributed by atoms with Crippen LogP contribution in [0.15, 0.2) is 30.3 Å². The molecule has 1 N–H and O–H groups in total. The largest absolute Gasteiger partial charge is 0.454 e. The Morgan fingerprint density at radius 1 is 1.24 bits per heavy atom. The maximum Gasteiger partial charge on any atom is 0.265 e. The summed E-state index contributed by atoms with van der Waals surface area (Å²) in [5.74, 6) is 1.30. The Morgan fingerprint density at radius 3 is 2.92 bits per heavy atom. The van der Waals surface area contributed by atoms with Crippen molar-refractivity contribution in [1.82, 2.24) is 4.90 Å². The maximum absolute atomic E-state index is 12.6. The molecule has 6 heteroatoms. The molecule has 132 valence electrons. The second kappa shape index (κ2) is 6.69. The standard InChI is InChI=1S/C19H22N2O3S/c1-12(2)21-9-3-4-14(21)17-7-8-18(25-17)19(22)20-13-5-6-15-16(10-13)24-11-23-15/h5-8,10,12,14H,3-4,9,11H2,1-2H3,(H,20,22)/t14-/m0/s1. The predicted molar refractivity (Wildman–Crippen MR) is 98.7 cm³/mol. The van der Waals surface area contributed by atoms with E-state index in [1.807, 2.05) is 18.2 Å². The van der Waals surface area contributed by atoms with Crippen LogP contribution in [0.5, 0.6) is 11.5 Å². The van der Waals surface area contributed by atoms with Crippen LogP contribution in [0.25, 0.3) is 0 Å². The highest BCUT2D eigenvalue weighted by atomic mass is 32.1. The number of anilines is 1. The maximum atomic E-state index is 12.6. The number of hydrogen-bond donors (Lipinski definition) is 1. The monoisotopic (exact) mass is 358 g/mol. The molecule has 2 aliphatic heterocycles. The van der Waals surface area contributed by atoms with Crippen molar-refractivity contribution in [2.24, 2.45) is 0 Å². The molecular formula is C19H22N2O3S. The third-order valence-corrected chi connectivity index (χ3v) is 5.95. The van der Waals surface area contributed by atoms with Gasteiger partial charge in [0.25, 0.3) is 5.91 Å². The highest BCUT2D eigenvalue weighted by Gasteiger charge is 2.29. The van der Waals surface area contributed by atoms with E-state index in [1.165, 1.54) is 17.7 Å². The molecule has 2 aromatic rings. The number of benzene rings is 1. The van der Waals surface area contributed by atoms with E-state index in [0.717, 1.165) is 11.4 Å². The molecule has 0 unspecified atom stereocenters. The van der Waals surface area contributed by atoms with Crippen molar-refractivity contribution in [3.63, 3.8) is 0 Å². The average Bonchev–Trinajstić information content (AvgIpc) is 3.33. The van der Waals surface area contributed by atoms with E-state index in [0.29, 0.717) is 29.3 Å².